The highest BCUT2D eigenvalue weighted by Crippen LogP contribution is 2.38. The lowest BCUT2D eigenvalue weighted by Crippen LogP contribution is -2.23. The topological polar surface area (TPSA) is 29.3 Å². The molecule has 92 valence electrons. The number of nitrogens with two attached hydrogens (primary N) is 1. The molecule has 2 aromatic carbocycles. The number of fused-ring (bicyclic) bond motifs is 1. The summed E-state index contributed by atoms with van der Waals surface area (Å²) in [5.74, 6) is 0. The fourth-order valence-electron chi connectivity index (χ4n) is 2.79. The standard InChI is InChI=1S/C16H18N2/c1-12-9-14-6-2-3-8-16(14)18(12)15-7-4-5-13(10-15)11-17/h2-8,10,12H,9,11,17H2,1H3. The molecule has 2 aromatic rings. The molecule has 1 aliphatic heterocycles. The Bertz CT molecular complexity index is 563. The number of rotatable bonds is 2. The second kappa shape index (κ2) is 4.46. The van der Waals surface area contributed by atoms with Gasteiger partial charge in [-0.3, -0.25) is 0 Å². The summed E-state index contributed by atoms with van der Waals surface area (Å²) in [6.07, 6.45) is 1.11. The molecule has 0 aromatic heterocycles. The summed E-state index contributed by atoms with van der Waals surface area (Å²) in [6.45, 7) is 2.87. The molecule has 0 saturated carbocycles. The Morgan fingerprint density at radius 3 is 2.83 bits per heavy atom. The summed E-state index contributed by atoms with van der Waals surface area (Å²) >= 11 is 0. The molecule has 1 atom stereocenters. The summed E-state index contributed by atoms with van der Waals surface area (Å²) in [6, 6.07) is 17.7. The van der Waals surface area contributed by atoms with Crippen molar-refractivity contribution < 1.29 is 0 Å². The number of hydrogen-bond acceptors (Lipinski definition) is 2. The third kappa shape index (κ3) is 1.79. The van der Waals surface area contributed by atoms with Crippen LogP contribution >= 0.6 is 0 Å². The minimum absolute atomic E-state index is 0.510. The van der Waals surface area contributed by atoms with Gasteiger partial charge in [-0.2, -0.15) is 0 Å². The highest BCUT2D eigenvalue weighted by Gasteiger charge is 2.26. The van der Waals surface area contributed by atoms with Gasteiger partial charge >= 0.3 is 0 Å². The number of anilines is 2. The van der Waals surface area contributed by atoms with Crippen molar-refractivity contribution in [3.8, 4) is 0 Å². The highest BCUT2D eigenvalue weighted by atomic mass is 15.2. The maximum Gasteiger partial charge on any atom is 0.0446 e. The van der Waals surface area contributed by atoms with Crippen LogP contribution in [-0.4, -0.2) is 6.04 Å². The second-order valence-electron chi connectivity index (χ2n) is 4.93. The van der Waals surface area contributed by atoms with Crippen LogP contribution in [0.3, 0.4) is 0 Å². The summed E-state index contributed by atoms with van der Waals surface area (Å²) in [4.78, 5) is 2.41. The Balaban J connectivity index is 2.06. The van der Waals surface area contributed by atoms with E-state index in [1.54, 1.807) is 0 Å². The Kier molecular flexibility index (Phi) is 2.80. The Morgan fingerprint density at radius 1 is 1.17 bits per heavy atom. The van der Waals surface area contributed by atoms with Crippen LogP contribution in [0.25, 0.3) is 0 Å². The van der Waals surface area contributed by atoms with Gasteiger partial charge in [0.2, 0.25) is 0 Å². The molecule has 2 N–H and O–H groups in total. The van der Waals surface area contributed by atoms with Crippen LogP contribution in [0, 0.1) is 0 Å². The average molecular weight is 238 g/mol. The zero-order chi connectivity index (χ0) is 12.5. The second-order valence-corrected chi connectivity index (χ2v) is 4.93. The zero-order valence-electron chi connectivity index (χ0n) is 10.6. The molecular formula is C16H18N2. The van der Waals surface area contributed by atoms with E-state index in [0.717, 1.165) is 6.42 Å². The minimum Gasteiger partial charge on any atom is -0.338 e. The molecule has 0 amide bonds. The average Bonchev–Trinajstić information content (AvgIpc) is 2.74. The van der Waals surface area contributed by atoms with Gasteiger partial charge in [0.15, 0.2) is 0 Å². The van der Waals surface area contributed by atoms with Gasteiger partial charge in [0.25, 0.3) is 0 Å². The quantitative estimate of drug-likeness (QED) is 0.870. The van der Waals surface area contributed by atoms with Gasteiger partial charge in [0.1, 0.15) is 0 Å². The number of nitrogens with zero attached hydrogens (tertiary/aromatic N) is 1. The maximum absolute atomic E-state index is 5.73. The Labute approximate surface area is 108 Å². The van der Waals surface area contributed by atoms with Crippen molar-refractivity contribution >= 4 is 11.4 Å². The van der Waals surface area contributed by atoms with E-state index in [-0.39, 0.29) is 0 Å². The summed E-state index contributed by atoms with van der Waals surface area (Å²) < 4.78 is 0. The van der Waals surface area contributed by atoms with E-state index in [9.17, 15) is 0 Å². The smallest absolute Gasteiger partial charge is 0.0446 e. The first-order chi connectivity index (χ1) is 8.79. The van der Waals surface area contributed by atoms with Crippen molar-refractivity contribution in [2.24, 2.45) is 5.73 Å². The van der Waals surface area contributed by atoms with Gasteiger partial charge in [-0.25, -0.2) is 0 Å². The molecule has 1 unspecified atom stereocenters. The molecule has 0 spiro atoms. The number of para-hydroxylation sites is 1. The van der Waals surface area contributed by atoms with E-state index in [2.05, 4.69) is 60.4 Å². The Morgan fingerprint density at radius 2 is 2.00 bits per heavy atom. The van der Waals surface area contributed by atoms with Crippen LogP contribution in [-0.2, 0) is 13.0 Å². The molecule has 0 bridgehead atoms. The molecule has 0 aliphatic carbocycles. The first kappa shape index (κ1) is 11.3. The minimum atomic E-state index is 0.510. The van der Waals surface area contributed by atoms with E-state index >= 15 is 0 Å². The zero-order valence-corrected chi connectivity index (χ0v) is 10.6. The van der Waals surface area contributed by atoms with Crippen molar-refractivity contribution in [1.29, 1.82) is 0 Å². The molecule has 2 nitrogen and oxygen atoms in total. The molecule has 0 fully saturated rings. The van der Waals surface area contributed by atoms with Crippen LogP contribution in [0.1, 0.15) is 18.1 Å². The molecule has 18 heavy (non-hydrogen) atoms. The van der Waals surface area contributed by atoms with Gasteiger partial charge in [-0.1, -0.05) is 30.3 Å². The van der Waals surface area contributed by atoms with E-state index in [4.69, 9.17) is 5.73 Å². The van der Waals surface area contributed by atoms with Crippen LogP contribution in [0.4, 0.5) is 11.4 Å². The van der Waals surface area contributed by atoms with Gasteiger partial charge in [0.05, 0.1) is 0 Å². The first-order valence-corrected chi connectivity index (χ1v) is 6.46. The molecule has 0 radical (unpaired) electrons. The van der Waals surface area contributed by atoms with E-state index in [0.29, 0.717) is 12.6 Å². The predicted molar refractivity (Wildman–Crippen MR) is 76.1 cm³/mol. The lowest BCUT2D eigenvalue weighted by Gasteiger charge is -2.25. The van der Waals surface area contributed by atoms with Crippen molar-refractivity contribution in [3.63, 3.8) is 0 Å². The molecular weight excluding hydrogens is 220 g/mol. The predicted octanol–water partition coefficient (Wildman–Crippen LogP) is 3.23. The van der Waals surface area contributed by atoms with Crippen molar-refractivity contribution in [2.45, 2.75) is 25.9 Å². The van der Waals surface area contributed by atoms with Crippen molar-refractivity contribution in [3.05, 3.63) is 59.7 Å². The normalized spacial score (nSPS) is 17.9. The van der Waals surface area contributed by atoms with E-state index < -0.39 is 0 Å². The lowest BCUT2D eigenvalue weighted by atomic mass is 10.1. The third-order valence-electron chi connectivity index (χ3n) is 3.63. The van der Waals surface area contributed by atoms with E-state index in [1.165, 1.54) is 22.5 Å². The Hall–Kier alpha value is -1.80. The SMILES string of the molecule is CC1Cc2ccccc2N1c1cccc(CN)c1. The molecule has 0 saturated heterocycles. The third-order valence-corrected chi connectivity index (χ3v) is 3.63. The van der Waals surface area contributed by atoms with Gasteiger partial charge < -0.3 is 10.6 Å². The number of hydrogen-bond donors (Lipinski definition) is 1. The molecule has 3 rings (SSSR count). The number of benzene rings is 2. The van der Waals surface area contributed by atoms with Crippen LogP contribution in [0.15, 0.2) is 48.5 Å². The first-order valence-electron chi connectivity index (χ1n) is 6.46. The maximum atomic E-state index is 5.73. The largest absolute Gasteiger partial charge is 0.338 e. The molecule has 2 heteroatoms. The fourth-order valence-corrected chi connectivity index (χ4v) is 2.79. The van der Waals surface area contributed by atoms with E-state index in [1.807, 2.05) is 0 Å². The molecule has 1 heterocycles. The van der Waals surface area contributed by atoms with Crippen LogP contribution < -0.4 is 10.6 Å². The summed E-state index contributed by atoms with van der Waals surface area (Å²) in [5.41, 5.74) is 10.9. The van der Waals surface area contributed by atoms with Crippen molar-refractivity contribution in [1.82, 2.24) is 0 Å². The van der Waals surface area contributed by atoms with Crippen LogP contribution in [0.2, 0.25) is 0 Å². The van der Waals surface area contributed by atoms with Crippen molar-refractivity contribution in [2.75, 3.05) is 4.90 Å². The van der Waals surface area contributed by atoms with Gasteiger partial charge in [-0.15, -0.1) is 0 Å². The lowest BCUT2D eigenvalue weighted by molar-refractivity contribution is 0.758. The highest BCUT2D eigenvalue weighted by molar-refractivity contribution is 5.71. The van der Waals surface area contributed by atoms with Crippen LogP contribution in [0.5, 0.6) is 0 Å². The van der Waals surface area contributed by atoms with Gasteiger partial charge in [-0.05, 0) is 42.7 Å². The monoisotopic (exact) mass is 238 g/mol. The summed E-state index contributed by atoms with van der Waals surface area (Å²) in [7, 11) is 0. The summed E-state index contributed by atoms with van der Waals surface area (Å²) in [5, 5.41) is 0. The molecule has 1 aliphatic rings. The fraction of sp³-hybridized carbons (Fsp3) is 0.250. The van der Waals surface area contributed by atoms with Gasteiger partial charge in [0, 0.05) is 24.0 Å².